The molecule has 34 heavy (non-hydrogen) atoms. The zero-order chi connectivity index (χ0) is 23.5. The third-order valence-electron chi connectivity index (χ3n) is 5.47. The highest BCUT2D eigenvalue weighted by molar-refractivity contribution is 14.0. The second-order valence-electron chi connectivity index (χ2n) is 8.17. The standard InChI is InChI=1S/C28H34N4O.HI/c1-4-29-28(30-19-18-22-12-11-17-25(20-22)27(33)32(2)3)31-21-26(23-13-7-5-8-14-23)24-15-9-6-10-16-24;/h5-17,20,26H,4,18-19,21H2,1-3H3,(H2,29,30,31);1H. The van der Waals surface area contributed by atoms with Crippen molar-refractivity contribution in [1.29, 1.82) is 0 Å². The fourth-order valence-corrected chi connectivity index (χ4v) is 3.74. The number of amides is 1. The SMILES string of the molecule is CCNC(=NCC(c1ccccc1)c1ccccc1)NCCc1cccc(C(=O)N(C)C)c1.I. The Hall–Kier alpha value is -2.87. The van der Waals surface area contributed by atoms with E-state index >= 15 is 0 Å². The van der Waals surface area contributed by atoms with Crippen LogP contribution in [0.4, 0.5) is 0 Å². The zero-order valence-corrected chi connectivity index (χ0v) is 22.5. The first-order valence-electron chi connectivity index (χ1n) is 11.5. The molecule has 3 aromatic carbocycles. The first-order valence-corrected chi connectivity index (χ1v) is 11.5. The molecule has 0 fully saturated rings. The maximum absolute atomic E-state index is 12.2. The number of halogens is 1. The van der Waals surface area contributed by atoms with E-state index in [2.05, 4.69) is 72.2 Å². The molecule has 3 aromatic rings. The highest BCUT2D eigenvalue weighted by atomic mass is 127. The molecule has 0 aromatic heterocycles. The molecule has 0 radical (unpaired) electrons. The van der Waals surface area contributed by atoms with Crippen LogP contribution in [0.5, 0.6) is 0 Å². The predicted octanol–water partition coefficient (Wildman–Crippen LogP) is 4.94. The molecule has 0 unspecified atom stereocenters. The molecule has 0 atom stereocenters. The Labute approximate surface area is 220 Å². The summed E-state index contributed by atoms with van der Waals surface area (Å²) in [5.74, 6) is 1.01. The molecule has 0 heterocycles. The molecule has 2 N–H and O–H groups in total. The van der Waals surface area contributed by atoms with Crippen molar-refractivity contribution < 1.29 is 4.79 Å². The van der Waals surface area contributed by atoms with Gasteiger partial charge in [0, 0.05) is 38.7 Å². The number of nitrogens with one attached hydrogen (secondary N) is 2. The number of benzene rings is 3. The highest BCUT2D eigenvalue weighted by Crippen LogP contribution is 2.24. The summed E-state index contributed by atoms with van der Waals surface area (Å²) in [4.78, 5) is 18.7. The molecule has 0 saturated heterocycles. The van der Waals surface area contributed by atoms with E-state index in [1.807, 2.05) is 30.3 Å². The number of rotatable bonds is 9. The molecule has 6 heteroatoms. The molecule has 1 amide bonds. The Morgan fingerprint density at radius 1 is 0.882 bits per heavy atom. The maximum Gasteiger partial charge on any atom is 0.253 e. The van der Waals surface area contributed by atoms with Crippen molar-refractivity contribution >= 4 is 35.8 Å². The quantitative estimate of drug-likeness (QED) is 0.218. The number of hydrogen-bond acceptors (Lipinski definition) is 2. The summed E-state index contributed by atoms with van der Waals surface area (Å²) in [7, 11) is 3.54. The summed E-state index contributed by atoms with van der Waals surface area (Å²) >= 11 is 0. The molecule has 3 rings (SSSR count). The molecule has 0 aliphatic carbocycles. The van der Waals surface area contributed by atoms with Crippen LogP contribution in [0.1, 0.15) is 39.9 Å². The van der Waals surface area contributed by atoms with Crippen LogP contribution in [0.3, 0.4) is 0 Å². The van der Waals surface area contributed by atoms with E-state index in [0.717, 1.165) is 31.0 Å². The van der Waals surface area contributed by atoms with Crippen LogP contribution >= 0.6 is 24.0 Å². The molecule has 0 aliphatic heterocycles. The van der Waals surface area contributed by atoms with E-state index in [1.54, 1.807) is 19.0 Å². The summed E-state index contributed by atoms with van der Waals surface area (Å²) in [6, 6.07) is 28.9. The summed E-state index contributed by atoms with van der Waals surface area (Å²) in [6.07, 6.45) is 0.805. The lowest BCUT2D eigenvalue weighted by Crippen LogP contribution is -2.38. The van der Waals surface area contributed by atoms with Gasteiger partial charge in [0.05, 0.1) is 6.54 Å². The number of hydrogen-bond donors (Lipinski definition) is 2. The maximum atomic E-state index is 12.2. The van der Waals surface area contributed by atoms with E-state index in [1.165, 1.54) is 11.1 Å². The van der Waals surface area contributed by atoms with Crippen LogP contribution < -0.4 is 10.6 Å². The van der Waals surface area contributed by atoms with Gasteiger partial charge in [0.2, 0.25) is 0 Å². The predicted molar refractivity (Wildman–Crippen MR) is 152 cm³/mol. The summed E-state index contributed by atoms with van der Waals surface area (Å²) in [5, 5.41) is 6.79. The van der Waals surface area contributed by atoms with Crippen molar-refractivity contribution in [3.8, 4) is 0 Å². The minimum atomic E-state index is 0. The molecule has 0 spiro atoms. The van der Waals surface area contributed by atoms with Crippen LogP contribution in [-0.2, 0) is 6.42 Å². The first-order chi connectivity index (χ1) is 16.1. The Balaban J connectivity index is 0.00000408. The van der Waals surface area contributed by atoms with Gasteiger partial charge < -0.3 is 15.5 Å². The fraction of sp³-hybridized carbons (Fsp3) is 0.286. The van der Waals surface area contributed by atoms with Crippen molar-refractivity contribution in [2.24, 2.45) is 4.99 Å². The highest BCUT2D eigenvalue weighted by Gasteiger charge is 2.14. The third kappa shape index (κ3) is 8.17. The zero-order valence-electron chi connectivity index (χ0n) is 20.2. The average molecular weight is 571 g/mol. The van der Waals surface area contributed by atoms with Gasteiger partial charge in [0.15, 0.2) is 5.96 Å². The summed E-state index contributed by atoms with van der Waals surface area (Å²) in [6.45, 7) is 4.24. The van der Waals surface area contributed by atoms with Crippen molar-refractivity contribution in [1.82, 2.24) is 15.5 Å². The van der Waals surface area contributed by atoms with Gasteiger partial charge in [-0.25, -0.2) is 0 Å². The average Bonchev–Trinajstić information content (AvgIpc) is 2.85. The second kappa shape index (κ2) is 14.4. The molecule has 0 saturated carbocycles. The topological polar surface area (TPSA) is 56.7 Å². The van der Waals surface area contributed by atoms with Gasteiger partial charge in [0.25, 0.3) is 5.91 Å². The van der Waals surface area contributed by atoms with E-state index in [9.17, 15) is 4.79 Å². The number of carbonyl (C=O) groups is 1. The number of carbonyl (C=O) groups excluding carboxylic acids is 1. The monoisotopic (exact) mass is 570 g/mol. The Kier molecular flexibility index (Phi) is 11.6. The normalized spacial score (nSPS) is 11.0. The lowest BCUT2D eigenvalue weighted by molar-refractivity contribution is 0.0827. The summed E-state index contributed by atoms with van der Waals surface area (Å²) in [5.41, 5.74) is 4.35. The largest absolute Gasteiger partial charge is 0.357 e. The van der Waals surface area contributed by atoms with Gasteiger partial charge in [-0.1, -0.05) is 72.8 Å². The smallest absolute Gasteiger partial charge is 0.253 e. The minimum absolute atomic E-state index is 0. The van der Waals surface area contributed by atoms with Gasteiger partial charge in [-0.15, -0.1) is 24.0 Å². The van der Waals surface area contributed by atoms with E-state index in [4.69, 9.17) is 4.99 Å². The van der Waals surface area contributed by atoms with Gasteiger partial charge in [-0.05, 0) is 42.2 Å². The van der Waals surface area contributed by atoms with E-state index in [-0.39, 0.29) is 35.8 Å². The van der Waals surface area contributed by atoms with E-state index in [0.29, 0.717) is 12.1 Å². The van der Waals surface area contributed by atoms with Crippen molar-refractivity contribution in [3.63, 3.8) is 0 Å². The molecular weight excluding hydrogens is 535 g/mol. The van der Waals surface area contributed by atoms with Crippen molar-refractivity contribution in [2.45, 2.75) is 19.3 Å². The van der Waals surface area contributed by atoms with Crippen molar-refractivity contribution in [3.05, 3.63) is 107 Å². The Bertz CT molecular complexity index is 999. The van der Waals surface area contributed by atoms with Gasteiger partial charge >= 0.3 is 0 Å². The van der Waals surface area contributed by atoms with Crippen molar-refractivity contribution in [2.75, 3.05) is 33.7 Å². The minimum Gasteiger partial charge on any atom is -0.357 e. The Morgan fingerprint density at radius 3 is 2.06 bits per heavy atom. The lowest BCUT2D eigenvalue weighted by Gasteiger charge is -2.18. The van der Waals surface area contributed by atoms with Crippen LogP contribution in [0.15, 0.2) is 89.9 Å². The fourth-order valence-electron chi connectivity index (χ4n) is 3.74. The van der Waals surface area contributed by atoms with Crippen LogP contribution in [0.2, 0.25) is 0 Å². The van der Waals surface area contributed by atoms with Gasteiger partial charge in [0.1, 0.15) is 0 Å². The molecule has 180 valence electrons. The number of nitrogens with zero attached hydrogens (tertiary/aromatic N) is 2. The number of aliphatic imine (C=N–C) groups is 1. The molecule has 0 aliphatic rings. The van der Waals surface area contributed by atoms with Crippen LogP contribution in [0.25, 0.3) is 0 Å². The second-order valence-corrected chi connectivity index (χ2v) is 8.17. The third-order valence-corrected chi connectivity index (χ3v) is 5.47. The number of guanidine groups is 1. The van der Waals surface area contributed by atoms with Gasteiger partial charge in [-0.2, -0.15) is 0 Å². The van der Waals surface area contributed by atoms with Crippen LogP contribution in [0, 0.1) is 0 Å². The molecule has 0 bridgehead atoms. The molecule has 5 nitrogen and oxygen atoms in total. The molecular formula is C28H35IN4O. The Morgan fingerprint density at radius 2 is 1.50 bits per heavy atom. The van der Waals surface area contributed by atoms with E-state index < -0.39 is 0 Å². The first kappa shape index (κ1) is 27.4. The van der Waals surface area contributed by atoms with Crippen LogP contribution in [-0.4, -0.2) is 50.5 Å². The summed E-state index contributed by atoms with van der Waals surface area (Å²) < 4.78 is 0. The van der Waals surface area contributed by atoms with Gasteiger partial charge in [-0.3, -0.25) is 9.79 Å². The lowest BCUT2D eigenvalue weighted by atomic mass is 9.91.